The number of pyridine rings is 1. The fourth-order valence-corrected chi connectivity index (χ4v) is 5.92. The Morgan fingerprint density at radius 3 is 2.75 bits per heavy atom. The van der Waals surface area contributed by atoms with Crippen LogP contribution < -0.4 is 20.6 Å². The molecule has 1 amide bonds. The van der Waals surface area contributed by atoms with E-state index < -0.39 is 35.2 Å². The minimum Gasteiger partial charge on any atom is -0.490 e. The van der Waals surface area contributed by atoms with E-state index >= 15 is 8.78 Å². The number of rotatable bonds is 8. The zero-order valence-electron chi connectivity index (χ0n) is 27.3. The average Bonchev–Trinajstić information content (AvgIpc) is 3.05. The highest BCUT2D eigenvalue weighted by molar-refractivity contribution is 6.31. The highest BCUT2D eigenvalue weighted by atomic mass is 35.5. The van der Waals surface area contributed by atoms with Crippen LogP contribution in [0.25, 0.3) is 28.5 Å². The van der Waals surface area contributed by atoms with Crippen molar-refractivity contribution < 1.29 is 28.2 Å². The van der Waals surface area contributed by atoms with Gasteiger partial charge in [-0.25, -0.2) is 18.6 Å². The Morgan fingerprint density at radius 1 is 1.29 bits per heavy atom. The van der Waals surface area contributed by atoms with Gasteiger partial charge in [0.2, 0.25) is 5.91 Å². The molecule has 0 radical (unpaired) electrons. The summed E-state index contributed by atoms with van der Waals surface area (Å²) in [5, 5.41) is 14.7. The van der Waals surface area contributed by atoms with Gasteiger partial charge in [-0.15, -0.1) is 0 Å². The quantitative estimate of drug-likeness (QED) is 0.333. The van der Waals surface area contributed by atoms with Crippen LogP contribution in [0.15, 0.2) is 53.5 Å². The summed E-state index contributed by atoms with van der Waals surface area (Å²) in [5.41, 5.74) is -1.37. The van der Waals surface area contributed by atoms with Crippen LogP contribution in [-0.2, 0) is 9.53 Å². The van der Waals surface area contributed by atoms with Gasteiger partial charge >= 0.3 is 5.69 Å². The molecule has 14 heteroatoms. The zero-order valence-corrected chi connectivity index (χ0v) is 28.0. The molecule has 0 spiro atoms. The lowest BCUT2D eigenvalue weighted by molar-refractivity contribution is -0.126. The maximum absolute atomic E-state index is 16.2. The van der Waals surface area contributed by atoms with E-state index in [2.05, 4.69) is 21.9 Å². The molecule has 256 valence electrons. The van der Waals surface area contributed by atoms with E-state index in [1.165, 1.54) is 24.4 Å². The van der Waals surface area contributed by atoms with Crippen LogP contribution in [0.5, 0.6) is 5.75 Å². The van der Waals surface area contributed by atoms with Gasteiger partial charge in [-0.2, -0.15) is 4.98 Å². The summed E-state index contributed by atoms with van der Waals surface area (Å²) in [6.45, 7) is 12.7. The second kappa shape index (κ2) is 14.8. The third-order valence-electron chi connectivity index (χ3n) is 8.19. The van der Waals surface area contributed by atoms with Crippen molar-refractivity contribution >= 4 is 40.6 Å². The van der Waals surface area contributed by atoms with Gasteiger partial charge in [0, 0.05) is 50.6 Å². The van der Waals surface area contributed by atoms with Gasteiger partial charge in [0.1, 0.15) is 36.1 Å². The molecule has 1 saturated heterocycles. The summed E-state index contributed by atoms with van der Waals surface area (Å²) in [5.74, 6) is -1.71. The van der Waals surface area contributed by atoms with Crippen LogP contribution in [0.3, 0.4) is 0 Å². The van der Waals surface area contributed by atoms with Crippen molar-refractivity contribution in [2.45, 2.75) is 45.9 Å². The van der Waals surface area contributed by atoms with Crippen molar-refractivity contribution in [3.63, 3.8) is 0 Å². The largest absolute Gasteiger partial charge is 0.490 e. The average molecular weight is 685 g/mol. The molecular formula is C34H39ClF2N6O5. The number of ether oxygens (including phenoxy) is 2. The van der Waals surface area contributed by atoms with Crippen LogP contribution in [-0.4, -0.2) is 88.1 Å². The fraction of sp³-hybridized carbons (Fsp3) is 0.412. The number of nitrogens with zero attached hydrogens (tertiary/aromatic N) is 5. The predicted octanol–water partition coefficient (Wildman–Crippen LogP) is 4.37. The third-order valence-corrected chi connectivity index (χ3v) is 8.48. The number of benzene rings is 1. The first-order valence-corrected chi connectivity index (χ1v) is 16.2. The predicted molar refractivity (Wildman–Crippen MR) is 181 cm³/mol. The highest BCUT2D eigenvalue weighted by Gasteiger charge is 2.32. The Bertz CT molecular complexity index is 1830. The van der Waals surface area contributed by atoms with E-state index in [-0.39, 0.29) is 70.5 Å². The number of aromatic nitrogens is 3. The van der Waals surface area contributed by atoms with E-state index in [9.17, 15) is 14.7 Å². The number of halogens is 3. The van der Waals surface area contributed by atoms with Gasteiger partial charge in [0.15, 0.2) is 17.3 Å². The maximum atomic E-state index is 16.2. The molecule has 5 rings (SSSR count). The lowest BCUT2D eigenvalue weighted by atomic mass is 10.0. The topological polar surface area (TPSA) is 122 Å². The van der Waals surface area contributed by atoms with Crippen LogP contribution in [0.4, 0.5) is 14.6 Å². The molecule has 3 aromatic rings. The number of carbonyl (C=O) groups excluding carboxylic acids is 1. The van der Waals surface area contributed by atoms with E-state index in [1.807, 2.05) is 20.8 Å². The SMILES string of the molecule is C=CC(=O)N1CCN(c2nc(=O)n3c4nc(c(F)cc24)-c2c(ccc(Cl)c2F)OCC(OCC)C(O)C(/C=C\NCC(C)C)=C\3)[C@@H](C)C1. The molecule has 0 saturated carbocycles. The van der Waals surface area contributed by atoms with E-state index in [1.54, 1.807) is 29.0 Å². The molecule has 3 atom stereocenters. The second-order valence-electron chi connectivity index (χ2n) is 12.1. The minimum atomic E-state index is -1.33. The van der Waals surface area contributed by atoms with Gasteiger partial charge in [0.05, 0.1) is 16.0 Å². The molecule has 2 bridgehead atoms. The van der Waals surface area contributed by atoms with Crippen molar-refractivity contribution in [2.24, 2.45) is 5.92 Å². The minimum absolute atomic E-state index is 0.0507. The van der Waals surface area contributed by atoms with E-state index in [0.29, 0.717) is 25.6 Å². The number of hydrogen-bond donors (Lipinski definition) is 2. The second-order valence-corrected chi connectivity index (χ2v) is 12.5. The first-order valence-electron chi connectivity index (χ1n) is 15.8. The van der Waals surface area contributed by atoms with Crippen LogP contribution >= 0.6 is 11.6 Å². The number of aliphatic hydroxyl groups excluding tert-OH is 1. The van der Waals surface area contributed by atoms with Gasteiger partial charge in [-0.05, 0) is 56.3 Å². The number of amides is 1. The Balaban J connectivity index is 1.79. The molecule has 2 aromatic heterocycles. The summed E-state index contributed by atoms with van der Waals surface area (Å²) >= 11 is 6.15. The number of piperazine rings is 1. The molecule has 2 aliphatic heterocycles. The molecule has 4 heterocycles. The monoisotopic (exact) mass is 684 g/mol. The Morgan fingerprint density at radius 2 is 2.06 bits per heavy atom. The molecule has 2 aliphatic rings. The highest BCUT2D eigenvalue weighted by Crippen LogP contribution is 2.39. The molecular weight excluding hydrogens is 646 g/mol. The van der Waals surface area contributed by atoms with Crippen LogP contribution in [0.2, 0.25) is 5.02 Å². The molecule has 1 aromatic carbocycles. The maximum Gasteiger partial charge on any atom is 0.355 e. The molecule has 2 unspecified atom stereocenters. The van der Waals surface area contributed by atoms with Gasteiger partial charge in [-0.3, -0.25) is 9.36 Å². The van der Waals surface area contributed by atoms with Gasteiger partial charge in [-0.1, -0.05) is 32.0 Å². The number of anilines is 1. The zero-order chi connectivity index (χ0) is 34.7. The third kappa shape index (κ3) is 7.08. The summed E-state index contributed by atoms with van der Waals surface area (Å²) in [7, 11) is 0. The summed E-state index contributed by atoms with van der Waals surface area (Å²) in [4.78, 5) is 38.6. The van der Waals surface area contributed by atoms with Crippen molar-refractivity contribution in [3.8, 4) is 17.0 Å². The number of aliphatic hydroxyl groups is 1. The van der Waals surface area contributed by atoms with Crippen LogP contribution in [0.1, 0.15) is 27.7 Å². The Labute approximate surface area is 282 Å². The first kappa shape index (κ1) is 35.0. The van der Waals surface area contributed by atoms with Crippen molar-refractivity contribution in [1.29, 1.82) is 0 Å². The summed E-state index contributed by atoms with van der Waals surface area (Å²) in [6.07, 6.45) is 3.54. The normalized spacial score (nSPS) is 21.0. The van der Waals surface area contributed by atoms with Crippen molar-refractivity contribution in [2.75, 3.05) is 44.3 Å². The van der Waals surface area contributed by atoms with Gasteiger partial charge < -0.3 is 29.7 Å². The van der Waals surface area contributed by atoms with Crippen LogP contribution in [0, 0.1) is 17.6 Å². The summed E-state index contributed by atoms with van der Waals surface area (Å²) in [6, 6.07) is 3.49. The fourth-order valence-electron chi connectivity index (χ4n) is 5.77. The molecule has 48 heavy (non-hydrogen) atoms. The summed E-state index contributed by atoms with van der Waals surface area (Å²) < 4.78 is 44.9. The number of hydrogen-bond acceptors (Lipinski definition) is 9. The van der Waals surface area contributed by atoms with Gasteiger partial charge in [0.25, 0.3) is 0 Å². The number of fused-ring (bicyclic) bond motifs is 3. The lowest BCUT2D eigenvalue weighted by Crippen LogP contribution is -2.54. The van der Waals surface area contributed by atoms with Crippen molar-refractivity contribution in [3.05, 3.63) is 75.8 Å². The Hall–Kier alpha value is -4.33. The molecule has 2 N–H and O–H groups in total. The molecule has 1 fully saturated rings. The van der Waals surface area contributed by atoms with E-state index in [0.717, 1.165) is 10.6 Å². The molecule has 11 nitrogen and oxygen atoms in total. The standard InChI is InChI=1S/C34H39ClF2N6O5/c1-6-27(44)41-12-13-42(20(5)16-41)33-22-14-24(36)30-28-25(9-8-23(35)29(28)37)48-18-26(47-7-2)31(45)21(10-11-38-15-19(3)4)17-43(32(22)39-30)34(46)40-33/h6,8-11,14,17,19-20,26,31,38,45H,1,7,12-13,15-16,18H2,2-5H3/b11-10-,21-17-/t20-,26?,31?/m0/s1. The number of nitrogens with one attached hydrogen (secondary N) is 1. The lowest BCUT2D eigenvalue weighted by Gasteiger charge is -2.40. The Kier molecular flexibility index (Phi) is 10.8. The number of carbonyl (C=O) groups is 1. The van der Waals surface area contributed by atoms with E-state index in [4.69, 9.17) is 21.1 Å². The first-order chi connectivity index (χ1) is 22.9. The van der Waals surface area contributed by atoms with Crippen molar-refractivity contribution in [1.82, 2.24) is 24.8 Å². The smallest absolute Gasteiger partial charge is 0.355 e. The molecule has 0 aliphatic carbocycles.